The van der Waals surface area contributed by atoms with E-state index in [0.29, 0.717) is 48.1 Å². The molecular weight excluding hydrogens is 573 g/mol. The summed E-state index contributed by atoms with van der Waals surface area (Å²) in [6, 6.07) is 5.90. The van der Waals surface area contributed by atoms with Gasteiger partial charge in [-0.2, -0.15) is 22.0 Å². The second kappa shape index (κ2) is 13.8. The van der Waals surface area contributed by atoms with E-state index in [2.05, 4.69) is 17.9 Å². The average Bonchev–Trinajstić information content (AvgIpc) is 3.21. The van der Waals surface area contributed by atoms with Gasteiger partial charge in [0.1, 0.15) is 5.75 Å². The lowest BCUT2D eigenvalue weighted by Gasteiger charge is -2.53. The third-order valence-electron chi connectivity index (χ3n) is 10.6. The largest absolute Gasteiger partial charge is 0.508 e. The molecule has 1 aromatic rings. The van der Waals surface area contributed by atoms with E-state index in [0.717, 1.165) is 64.3 Å². The summed E-state index contributed by atoms with van der Waals surface area (Å²) in [5.41, 5.74) is 2.70. The molecule has 0 aliphatic heterocycles. The molecule has 2 saturated carbocycles. The molecule has 4 rings (SSSR count). The van der Waals surface area contributed by atoms with E-state index >= 15 is 0 Å². The molecule has 0 heterocycles. The van der Waals surface area contributed by atoms with Crippen LogP contribution in [0.1, 0.15) is 94.6 Å². The topological polar surface area (TPSA) is 60.8 Å². The molecule has 0 amide bonds. The summed E-state index contributed by atoms with van der Waals surface area (Å²) >= 11 is 0. The average molecular weight is 622 g/mol. The minimum Gasteiger partial charge on any atom is -0.508 e. The number of rotatable bonds is 14. The number of aliphatic hydroxyl groups is 1. The van der Waals surface area contributed by atoms with Gasteiger partial charge in [-0.3, -0.25) is 4.21 Å². The highest BCUT2D eigenvalue weighted by Crippen LogP contribution is 2.62. The fourth-order valence-corrected chi connectivity index (χ4v) is 9.42. The SMILES string of the molecule is CN(CCCCC[C@@H]1Cc2cc(O)ccc2[C@H]2CC[C@]3(C)[C@@H](O)CC[C@H]3[C@H]12)CCCS(=O)CCCC(F)(F)C(F)(F)F. The fourth-order valence-electron chi connectivity index (χ4n) is 8.30. The Morgan fingerprint density at radius 1 is 1.00 bits per heavy atom. The van der Waals surface area contributed by atoms with Crippen molar-refractivity contribution in [1.82, 2.24) is 4.90 Å². The maximum atomic E-state index is 13.0. The predicted octanol–water partition coefficient (Wildman–Crippen LogP) is 7.44. The quantitative estimate of drug-likeness (QED) is 0.167. The Morgan fingerprint density at radius 3 is 2.45 bits per heavy atom. The van der Waals surface area contributed by atoms with Crippen LogP contribution in [0.3, 0.4) is 0 Å². The Balaban J connectivity index is 1.18. The zero-order valence-electron chi connectivity index (χ0n) is 25.0. The zero-order chi connectivity index (χ0) is 30.7. The lowest BCUT2D eigenvalue weighted by Crippen LogP contribution is -2.47. The number of aromatic hydroxyl groups is 1. The van der Waals surface area contributed by atoms with Crippen molar-refractivity contribution in [2.24, 2.45) is 23.2 Å². The molecule has 10 heteroatoms. The number of fused-ring (bicyclic) bond motifs is 5. The molecule has 4 nitrogen and oxygen atoms in total. The van der Waals surface area contributed by atoms with E-state index in [1.807, 2.05) is 19.2 Å². The third-order valence-corrected chi connectivity index (χ3v) is 12.1. The van der Waals surface area contributed by atoms with Gasteiger partial charge in [-0.25, -0.2) is 0 Å². The Hall–Kier alpha value is -1.26. The molecule has 0 spiro atoms. The van der Waals surface area contributed by atoms with Gasteiger partial charge in [0.05, 0.1) is 6.10 Å². The van der Waals surface area contributed by atoms with Gasteiger partial charge in [0.25, 0.3) is 0 Å². The number of halogens is 5. The van der Waals surface area contributed by atoms with E-state index in [9.17, 15) is 36.4 Å². The summed E-state index contributed by atoms with van der Waals surface area (Å²) in [6.07, 6.45) is 2.63. The number of hydrogen-bond donors (Lipinski definition) is 2. The normalized spacial score (nSPS) is 30.2. The molecule has 2 fully saturated rings. The summed E-state index contributed by atoms with van der Waals surface area (Å²) in [5.74, 6) is -2.07. The smallest absolute Gasteiger partial charge is 0.453 e. The summed E-state index contributed by atoms with van der Waals surface area (Å²) in [7, 11) is 0.600. The number of unbranched alkanes of at least 4 members (excludes halogenated alkanes) is 2. The maximum Gasteiger partial charge on any atom is 0.453 e. The minimum absolute atomic E-state index is 0.00830. The van der Waals surface area contributed by atoms with Crippen molar-refractivity contribution in [3.8, 4) is 5.75 Å². The first-order chi connectivity index (χ1) is 19.7. The Bertz CT molecular complexity index is 1070. The molecule has 7 atom stereocenters. The molecule has 0 aromatic heterocycles. The number of nitrogens with zero attached hydrogens (tertiary/aromatic N) is 1. The Kier molecular flexibility index (Phi) is 11.0. The van der Waals surface area contributed by atoms with Crippen LogP contribution in [0.2, 0.25) is 0 Å². The first kappa shape index (κ1) is 33.6. The molecule has 42 heavy (non-hydrogen) atoms. The van der Waals surface area contributed by atoms with Crippen LogP contribution in [0.25, 0.3) is 0 Å². The molecule has 0 saturated heterocycles. The van der Waals surface area contributed by atoms with Crippen LogP contribution in [0.5, 0.6) is 5.75 Å². The van der Waals surface area contributed by atoms with Gasteiger partial charge < -0.3 is 15.1 Å². The van der Waals surface area contributed by atoms with Crippen molar-refractivity contribution in [1.29, 1.82) is 0 Å². The van der Waals surface area contributed by atoms with Gasteiger partial charge in [0, 0.05) is 28.7 Å². The monoisotopic (exact) mass is 621 g/mol. The standard InChI is InChI=1S/C32H48F5NO3S/c1-30-15-13-26-25-10-9-24(39)21-23(25)20-22(29(26)27(30)11-12-28(30)40)8-4-3-5-16-38(2)17-7-19-42(41)18-6-14-31(33,34)32(35,36)37/h9-10,21-22,26-29,39-40H,3-8,11-20H2,1-2H3/t22-,26-,27+,28+,29-,30+,42?/m1/s1. The van der Waals surface area contributed by atoms with Crippen molar-refractivity contribution in [3.05, 3.63) is 29.3 Å². The third kappa shape index (κ3) is 7.68. The van der Waals surface area contributed by atoms with E-state index in [4.69, 9.17) is 0 Å². The zero-order valence-corrected chi connectivity index (χ0v) is 25.8. The Labute approximate surface area is 249 Å². The van der Waals surface area contributed by atoms with Crippen LogP contribution in [0.15, 0.2) is 18.2 Å². The van der Waals surface area contributed by atoms with Gasteiger partial charge in [-0.05, 0) is 130 Å². The van der Waals surface area contributed by atoms with Crippen LogP contribution in [-0.4, -0.2) is 69.2 Å². The van der Waals surface area contributed by atoms with Gasteiger partial charge in [-0.15, -0.1) is 0 Å². The van der Waals surface area contributed by atoms with Crippen molar-refractivity contribution < 1.29 is 36.4 Å². The van der Waals surface area contributed by atoms with Crippen molar-refractivity contribution in [2.45, 2.75) is 108 Å². The van der Waals surface area contributed by atoms with E-state index < -0.39 is 35.7 Å². The van der Waals surface area contributed by atoms with E-state index in [-0.39, 0.29) is 17.3 Å². The second-order valence-electron chi connectivity index (χ2n) is 13.4. The molecule has 0 radical (unpaired) electrons. The number of phenols is 1. The highest BCUT2D eigenvalue weighted by molar-refractivity contribution is 7.84. The van der Waals surface area contributed by atoms with Crippen molar-refractivity contribution in [3.63, 3.8) is 0 Å². The maximum absolute atomic E-state index is 13.0. The van der Waals surface area contributed by atoms with Gasteiger partial charge in [-0.1, -0.05) is 25.8 Å². The lowest BCUT2D eigenvalue weighted by atomic mass is 9.52. The van der Waals surface area contributed by atoms with Crippen LogP contribution in [-0.2, 0) is 17.2 Å². The minimum atomic E-state index is -5.55. The molecule has 2 N–H and O–H groups in total. The molecular formula is C32H48F5NO3S. The number of benzene rings is 1. The van der Waals surface area contributed by atoms with Crippen LogP contribution in [0, 0.1) is 23.2 Å². The van der Waals surface area contributed by atoms with E-state index in [1.54, 1.807) is 0 Å². The number of alkyl halides is 5. The number of phenolic OH excluding ortho intramolecular Hbond substituents is 1. The van der Waals surface area contributed by atoms with Gasteiger partial charge >= 0.3 is 12.1 Å². The summed E-state index contributed by atoms with van der Waals surface area (Å²) < 4.78 is 74.8. The summed E-state index contributed by atoms with van der Waals surface area (Å²) in [5, 5.41) is 21.0. The Morgan fingerprint density at radius 2 is 1.71 bits per heavy atom. The van der Waals surface area contributed by atoms with Crippen molar-refractivity contribution in [2.75, 3.05) is 31.6 Å². The molecule has 1 unspecified atom stereocenters. The molecule has 1 aromatic carbocycles. The second-order valence-corrected chi connectivity index (χ2v) is 15.1. The van der Waals surface area contributed by atoms with Crippen LogP contribution >= 0.6 is 0 Å². The highest BCUT2D eigenvalue weighted by Gasteiger charge is 2.57. The predicted molar refractivity (Wildman–Crippen MR) is 156 cm³/mol. The van der Waals surface area contributed by atoms with Crippen molar-refractivity contribution >= 4 is 10.8 Å². The van der Waals surface area contributed by atoms with Crippen LogP contribution in [0.4, 0.5) is 22.0 Å². The first-order valence-electron chi connectivity index (χ1n) is 15.7. The summed E-state index contributed by atoms with van der Waals surface area (Å²) in [6.45, 7) is 3.90. The first-order valence-corrected chi connectivity index (χ1v) is 17.2. The molecule has 240 valence electrons. The number of hydrogen-bond acceptors (Lipinski definition) is 4. The molecule has 3 aliphatic carbocycles. The summed E-state index contributed by atoms with van der Waals surface area (Å²) in [4.78, 5) is 2.16. The molecule has 0 bridgehead atoms. The highest BCUT2D eigenvalue weighted by atomic mass is 32.2. The lowest BCUT2D eigenvalue weighted by molar-refractivity contribution is -0.284. The van der Waals surface area contributed by atoms with Gasteiger partial charge in [0.2, 0.25) is 0 Å². The van der Waals surface area contributed by atoms with Crippen LogP contribution < -0.4 is 0 Å². The number of aliphatic hydroxyl groups excluding tert-OH is 1. The van der Waals surface area contributed by atoms with E-state index in [1.165, 1.54) is 11.1 Å². The van der Waals surface area contributed by atoms with Gasteiger partial charge in [0.15, 0.2) is 0 Å². The fraction of sp³-hybridized carbons (Fsp3) is 0.812. The molecule has 3 aliphatic rings.